The van der Waals surface area contributed by atoms with Crippen LogP contribution in [0.5, 0.6) is 5.75 Å². The summed E-state index contributed by atoms with van der Waals surface area (Å²) in [6, 6.07) is 12.0. The van der Waals surface area contributed by atoms with Crippen LogP contribution in [0.3, 0.4) is 0 Å². The number of nitrogens with zero attached hydrogens (tertiary/aromatic N) is 2. The van der Waals surface area contributed by atoms with Crippen molar-refractivity contribution in [1.82, 2.24) is 4.90 Å². The molecule has 0 fully saturated rings. The summed E-state index contributed by atoms with van der Waals surface area (Å²) in [5, 5.41) is 0.754. The van der Waals surface area contributed by atoms with Crippen molar-refractivity contribution in [1.29, 1.82) is 0 Å². The third-order valence-corrected chi connectivity index (χ3v) is 4.15. The molecule has 4 heteroatoms. The number of methoxy groups -OCH3 is 1. The molecule has 0 amide bonds. The Morgan fingerprint density at radius 2 is 1.91 bits per heavy atom. The average molecular weight is 331 g/mol. The van der Waals surface area contributed by atoms with E-state index in [0.717, 1.165) is 29.4 Å². The topological polar surface area (TPSA) is 24.8 Å². The maximum Gasteiger partial charge on any atom is 0.121 e. The van der Waals surface area contributed by atoms with Gasteiger partial charge in [-0.2, -0.15) is 0 Å². The highest BCUT2D eigenvalue weighted by atomic mass is 35.5. The van der Waals surface area contributed by atoms with Crippen molar-refractivity contribution < 1.29 is 4.74 Å². The summed E-state index contributed by atoms with van der Waals surface area (Å²) < 4.78 is 5.43. The van der Waals surface area contributed by atoms with Crippen LogP contribution in [-0.4, -0.2) is 31.9 Å². The highest BCUT2D eigenvalue weighted by molar-refractivity contribution is 6.30. The maximum atomic E-state index is 5.96. The normalized spacial score (nSPS) is 11.0. The Morgan fingerprint density at radius 3 is 2.52 bits per heavy atom. The molecule has 2 aromatic carbocycles. The van der Waals surface area contributed by atoms with Crippen LogP contribution < -0.4 is 4.74 Å². The second kappa shape index (κ2) is 8.02. The molecular weight excluding hydrogens is 308 g/mol. The minimum absolute atomic E-state index is 0.754. The minimum atomic E-state index is 0.754. The number of ether oxygens (including phenoxy) is 1. The molecule has 0 aliphatic heterocycles. The zero-order valence-corrected chi connectivity index (χ0v) is 14.9. The van der Waals surface area contributed by atoms with Gasteiger partial charge in [0.15, 0.2) is 0 Å². The first-order valence-corrected chi connectivity index (χ1v) is 8.07. The van der Waals surface area contributed by atoms with E-state index >= 15 is 0 Å². The Balaban J connectivity index is 2.34. The summed E-state index contributed by atoms with van der Waals surface area (Å²) in [7, 11) is 3.69. The smallest absolute Gasteiger partial charge is 0.121 e. The Hall–Kier alpha value is -2.00. The van der Waals surface area contributed by atoms with Crippen molar-refractivity contribution >= 4 is 23.6 Å². The Morgan fingerprint density at radius 1 is 1.22 bits per heavy atom. The molecule has 0 unspecified atom stereocenters. The second-order valence-electron chi connectivity index (χ2n) is 5.55. The van der Waals surface area contributed by atoms with Gasteiger partial charge in [-0.05, 0) is 55.2 Å². The summed E-state index contributed by atoms with van der Waals surface area (Å²) in [5.74, 6) is 0.825. The van der Waals surface area contributed by atoms with Gasteiger partial charge in [0, 0.05) is 24.7 Å². The molecule has 0 aromatic heterocycles. The summed E-state index contributed by atoms with van der Waals surface area (Å²) in [5.41, 5.74) is 4.53. The van der Waals surface area contributed by atoms with E-state index in [1.807, 2.05) is 36.5 Å². The van der Waals surface area contributed by atoms with Crippen LogP contribution in [0, 0.1) is 6.92 Å². The van der Waals surface area contributed by atoms with Gasteiger partial charge in [-0.3, -0.25) is 0 Å². The Bertz CT molecular complexity index is 681. The zero-order chi connectivity index (χ0) is 16.8. The monoisotopic (exact) mass is 330 g/mol. The van der Waals surface area contributed by atoms with Crippen molar-refractivity contribution in [3.8, 4) is 5.75 Å². The van der Waals surface area contributed by atoms with Crippen molar-refractivity contribution in [2.75, 3.05) is 20.7 Å². The van der Waals surface area contributed by atoms with Gasteiger partial charge in [0.05, 0.1) is 19.1 Å². The number of hydrogen-bond acceptors (Lipinski definition) is 2. The summed E-state index contributed by atoms with van der Waals surface area (Å²) in [6.45, 7) is 5.11. The molecule has 0 heterocycles. The van der Waals surface area contributed by atoms with E-state index in [1.165, 1.54) is 16.7 Å². The second-order valence-corrected chi connectivity index (χ2v) is 5.99. The van der Waals surface area contributed by atoms with Gasteiger partial charge >= 0.3 is 0 Å². The zero-order valence-electron chi connectivity index (χ0n) is 14.1. The first kappa shape index (κ1) is 17.4. The van der Waals surface area contributed by atoms with Gasteiger partial charge in [-0.1, -0.05) is 23.7 Å². The maximum absolute atomic E-state index is 5.96. The van der Waals surface area contributed by atoms with Gasteiger partial charge in [0.1, 0.15) is 5.75 Å². The van der Waals surface area contributed by atoms with Crippen LogP contribution in [0.1, 0.15) is 23.6 Å². The van der Waals surface area contributed by atoms with Crippen LogP contribution in [0.4, 0.5) is 5.69 Å². The molecule has 0 aliphatic carbocycles. The highest BCUT2D eigenvalue weighted by Gasteiger charge is 2.08. The number of hydrogen-bond donors (Lipinski definition) is 0. The third kappa shape index (κ3) is 4.73. The molecule has 23 heavy (non-hydrogen) atoms. The van der Waals surface area contributed by atoms with E-state index < -0.39 is 0 Å². The first-order chi connectivity index (χ1) is 11.0. The van der Waals surface area contributed by atoms with E-state index in [1.54, 1.807) is 7.11 Å². The van der Waals surface area contributed by atoms with Crippen LogP contribution in [0.25, 0.3) is 0 Å². The van der Waals surface area contributed by atoms with Crippen molar-refractivity contribution in [3.05, 3.63) is 58.1 Å². The molecule has 0 atom stereocenters. The van der Waals surface area contributed by atoms with Gasteiger partial charge < -0.3 is 9.64 Å². The quantitative estimate of drug-likeness (QED) is 0.558. The molecule has 0 bridgehead atoms. The molecule has 0 N–H and O–H groups in total. The predicted molar refractivity (Wildman–Crippen MR) is 98.4 cm³/mol. The lowest BCUT2D eigenvalue weighted by atomic mass is 9.99. The standard InChI is InChI=1S/C19H23ClN2O/c1-5-22(3)13-21-19-12-18(23-4)11-16(14(19)2)10-15-6-8-17(20)9-7-15/h6-9,11-13H,5,10H2,1-4H3. The van der Waals surface area contributed by atoms with E-state index in [2.05, 4.69) is 37.0 Å². The summed E-state index contributed by atoms with van der Waals surface area (Å²) in [6.07, 6.45) is 2.68. The molecule has 0 aliphatic rings. The van der Waals surface area contributed by atoms with E-state index in [0.29, 0.717) is 0 Å². The fourth-order valence-electron chi connectivity index (χ4n) is 2.23. The van der Waals surface area contributed by atoms with Crippen LogP contribution >= 0.6 is 11.6 Å². The van der Waals surface area contributed by atoms with Gasteiger partial charge in [0.2, 0.25) is 0 Å². The molecule has 0 saturated carbocycles. The lowest BCUT2D eigenvalue weighted by Crippen LogP contribution is -2.14. The molecule has 122 valence electrons. The number of rotatable bonds is 6. The fraction of sp³-hybridized carbons (Fsp3) is 0.316. The SMILES string of the molecule is CCN(C)C=Nc1cc(OC)cc(Cc2ccc(Cl)cc2)c1C. The third-order valence-electron chi connectivity index (χ3n) is 3.90. The molecule has 2 aromatic rings. The van der Waals surface area contributed by atoms with Gasteiger partial charge in [0.25, 0.3) is 0 Å². The van der Waals surface area contributed by atoms with Crippen molar-refractivity contribution in [3.63, 3.8) is 0 Å². The summed E-state index contributed by atoms with van der Waals surface area (Å²) in [4.78, 5) is 6.64. The first-order valence-electron chi connectivity index (χ1n) is 7.70. The molecule has 3 nitrogen and oxygen atoms in total. The molecule has 0 radical (unpaired) electrons. The van der Waals surface area contributed by atoms with Crippen molar-refractivity contribution in [2.24, 2.45) is 4.99 Å². The minimum Gasteiger partial charge on any atom is -0.497 e. The molecule has 0 saturated heterocycles. The molecular formula is C19H23ClN2O. The fourth-order valence-corrected chi connectivity index (χ4v) is 2.36. The van der Waals surface area contributed by atoms with E-state index in [4.69, 9.17) is 16.3 Å². The highest BCUT2D eigenvalue weighted by Crippen LogP contribution is 2.30. The van der Waals surface area contributed by atoms with Gasteiger partial charge in [-0.25, -0.2) is 4.99 Å². The molecule has 2 rings (SSSR count). The Labute approximate surface area is 143 Å². The van der Waals surface area contributed by atoms with Crippen LogP contribution in [0.2, 0.25) is 5.02 Å². The lowest BCUT2D eigenvalue weighted by molar-refractivity contribution is 0.414. The average Bonchev–Trinajstić information content (AvgIpc) is 2.57. The number of halogens is 1. The van der Waals surface area contributed by atoms with E-state index in [-0.39, 0.29) is 0 Å². The predicted octanol–water partition coefficient (Wildman–Crippen LogP) is 4.86. The largest absolute Gasteiger partial charge is 0.497 e. The lowest BCUT2D eigenvalue weighted by Gasteiger charge is -2.13. The van der Waals surface area contributed by atoms with Crippen LogP contribution in [-0.2, 0) is 6.42 Å². The van der Waals surface area contributed by atoms with E-state index in [9.17, 15) is 0 Å². The Kier molecular flexibility index (Phi) is 6.05. The summed E-state index contributed by atoms with van der Waals surface area (Å²) >= 11 is 5.96. The van der Waals surface area contributed by atoms with Crippen LogP contribution in [0.15, 0.2) is 41.4 Å². The molecule has 0 spiro atoms. The number of benzene rings is 2. The van der Waals surface area contributed by atoms with Crippen molar-refractivity contribution in [2.45, 2.75) is 20.3 Å². The van der Waals surface area contributed by atoms with Gasteiger partial charge in [-0.15, -0.1) is 0 Å². The number of aliphatic imine (C=N–C) groups is 1.